The highest BCUT2D eigenvalue weighted by atomic mass is 35.5. The van der Waals surface area contributed by atoms with E-state index in [0.29, 0.717) is 22.7 Å². The summed E-state index contributed by atoms with van der Waals surface area (Å²) in [7, 11) is 0. The van der Waals surface area contributed by atoms with Crippen LogP contribution in [-0.4, -0.2) is 12.6 Å². The van der Waals surface area contributed by atoms with Crippen LogP contribution in [-0.2, 0) is 6.42 Å². The zero-order valence-corrected chi connectivity index (χ0v) is 11.2. The molecule has 2 N–H and O–H groups in total. The van der Waals surface area contributed by atoms with E-state index in [1.54, 1.807) is 6.07 Å². The summed E-state index contributed by atoms with van der Waals surface area (Å²) in [6.45, 7) is 0.567. The van der Waals surface area contributed by atoms with Crippen LogP contribution in [0.5, 0.6) is 5.75 Å². The van der Waals surface area contributed by atoms with Crippen LogP contribution in [0, 0.1) is 0 Å². The molecule has 0 heterocycles. The summed E-state index contributed by atoms with van der Waals surface area (Å²) in [4.78, 5) is 0. The minimum Gasteiger partial charge on any atom is -0.489 e. The molecule has 1 aromatic rings. The summed E-state index contributed by atoms with van der Waals surface area (Å²) in [5, 5.41) is 1.23. The summed E-state index contributed by atoms with van der Waals surface area (Å²) in [6, 6.07) is 3.62. The van der Waals surface area contributed by atoms with Gasteiger partial charge in [0.2, 0.25) is 0 Å². The van der Waals surface area contributed by atoms with Crippen molar-refractivity contribution in [2.75, 3.05) is 6.54 Å². The Labute approximate surface area is 112 Å². The first-order chi connectivity index (χ1) is 8.20. The summed E-state index contributed by atoms with van der Waals surface area (Å²) in [5.41, 5.74) is 6.61. The van der Waals surface area contributed by atoms with Gasteiger partial charge in [0, 0.05) is 5.02 Å². The van der Waals surface area contributed by atoms with Crippen molar-refractivity contribution in [3.63, 3.8) is 0 Å². The van der Waals surface area contributed by atoms with E-state index in [1.807, 2.05) is 6.07 Å². The van der Waals surface area contributed by atoms with Gasteiger partial charge in [-0.25, -0.2) is 0 Å². The number of nitrogens with two attached hydrogens (primary N) is 1. The Morgan fingerprint density at radius 1 is 1.24 bits per heavy atom. The zero-order chi connectivity index (χ0) is 12.3. The number of ether oxygens (including phenoxy) is 1. The van der Waals surface area contributed by atoms with Gasteiger partial charge < -0.3 is 10.5 Å². The van der Waals surface area contributed by atoms with Crippen molar-refractivity contribution in [1.82, 2.24) is 0 Å². The lowest BCUT2D eigenvalue weighted by atomic mass is 10.1. The number of hydrogen-bond donors (Lipinski definition) is 1. The minimum absolute atomic E-state index is 0.296. The molecule has 0 unspecified atom stereocenters. The van der Waals surface area contributed by atoms with Crippen molar-refractivity contribution < 1.29 is 4.74 Å². The molecule has 4 heteroatoms. The third-order valence-electron chi connectivity index (χ3n) is 3.09. The van der Waals surface area contributed by atoms with Gasteiger partial charge in [-0.05, 0) is 56.3 Å². The van der Waals surface area contributed by atoms with Crippen LogP contribution in [0.25, 0.3) is 0 Å². The second-order valence-electron chi connectivity index (χ2n) is 4.44. The lowest BCUT2D eigenvalue weighted by molar-refractivity contribution is 0.208. The average Bonchev–Trinajstić information content (AvgIpc) is 2.76. The van der Waals surface area contributed by atoms with Crippen molar-refractivity contribution in [2.24, 2.45) is 5.73 Å². The molecule has 2 nitrogen and oxygen atoms in total. The van der Waals surface area contributed by atoms with E-state index in [0.717, 1.165) is 30.6 Å². The second-order valence-corrected chi connectivity index (χ2v) is 5.28. The van der Waals surface area contributed by atoms with E-state index in [-0.39, 0.29) is 0 Å². The largest absolute Gasteiger partial charge is 0.489 e. The summed E-state index contributed by atoms with van der Waals surface area (Å²) >= 11 is 12.2. The molecule has 1 fully saturated rings. The highest BCUT2D eigenvalue weighted by Gasteiger charge is 2.19. The number of hydrogen-bond acceptors (Lipinski definition) is 2. The molecule has 0 saturated heterocycles. The van der Waals surface area contributed by atoms with Crippen LogP contribution in [0.15, 0.2) is 12.1 Å². The third kappa shape index (κ3) is 3.27. The molecule has 1 aliphatic carbocycles. The van der Waals surface area contributed by atoms with Crippen molar-refractivity contribution in [3.8, 4) is 5.75 Å². The number of benzene rings is 1. The maximum Gasteiger partial charge on any atom is 0.141 e. The van der Waals surface area contributed by atoms with E-state index in [1.165, 1.54) is 12.8 Å². The molecular weight excluding hydrogens is 257 g/mol. The second kappa shape index (κ2) is 5.94. The molecule has 0 radical (unpaired) electrons. The molecule has 94 valence electrons. The number of rotatable bonds is 4. The lowest BCUT2D eigenvalue weighted by Crippen LogP contribution is -2.14. The van der Waals surface area contributed by atoms with Gasteiger partial charge in [0.05, 0.1) is 11.1 Å². The Hall–Kier alpha value is -0.440. The molecule has 1 aromatic carbocycles. The van der Waals surface area contributed by atoms with Crippen LogP contribution in [0.2, 0.25) is 10.0 Å². The lowest BCUT2D eigenvalue weighted by Gasteiger charge is -2.18. The molecule has 0 aliphatic heterocycles. The molecule has 0 aromatic heterocycles. The normalized spacial score (nSPS) is 16.4. The van der Waals surface area contributed by atoms with Gasteiger partial charge in [-0.2, -0.15) is 0 Å². The van der Waals surface area contributed by atoms with Gasteiger partial charge in [0.25, 0.3) is 0 Å². The maximum atomic E-state index is 6.20. The Bertz CT molecular complexity index is 389. The van der Waals surface area contributed by atoms with Crippen molar-refractivity contribution in [3.05, 3.63) is 27.7 Å². The van der Waals surface area contributed by atoms with Crippen molar-refractivity contribution in [2.45, 2.75) is 38.2 Å². The fourth-order valence-corrected chi connectivity index (χ4v) is 2.84. The number of halogens is 2. The van der Waals surface area contributed by atoms with Gasteiger partial charge in [-0.15, -0.1) is 0 Å². The molecule has 0 atom stereocenters. The van der Waals surface area contributed by atoms with E-state index in [9.17, 15) is 0 Å². The SMILES string of the molecule is NCCc1cc(Cl)cc(Cl)c1OC1CCCC1. The van der Waals surface area contributed by atoms with E-state index in [2.05, 4.69) is 0 Å². The molecule has 0 bridgehead atoms. The topological polar surface area (TPSA) is 35.2 Å². The predicted molar refractivity (Wildman–Crippen MR) is 72.1 cm³/mol. The van der Waals surface area contributed by atoms with E-state index in [4.69, 9.17) is 33.7 Å². The zero-order valence-electron chi connectivity index (χ0n) is 9.72. The quantitative estimate of drug-likeness (QED) is 0.906. The maximum absolute atomic E-state index is 6.20. The monoisotopic (exact) mass is 273 g/mol. The highest BCUT2D eigenvalue weighted by Crippen LogP contribution is 2.35. The van der Waals surface area contributed by atoms with Crippen molar-refractivity contribution >= 4 is 23.2 Å². The van der Waals surface area contributed by atoms with Gasteiger partial charge in [-0.3, -0.25) is 0 Å². The van der Waals surface area contributed by atoms with Crippen LogP contribution >= 0.6 is 23.2 Å². The van der Waals surface area contributed by atoms with Gasteiger partial charge in [0.1, 0.15) is 5.75 Å². The fourth-order valence-electron chi connectivity index (χ4n) is 2.26. The smallest absolute Gasteiger partial charge is 0.141 e. The molecule has 1 aliphatic rings. The van der Waals surface area contributed by atoms with Gasteiger partial charge >= 0.3 is 0 Å². The summed E-state index contributed by atoms with van der Waals surface area (Å²) < 4.78 is 6.00. The Balaban J connectivity index is 2.22. The fraction of sp³-hybridized carbons (Fsp3) is 0.538. The Morgan fingerprint density at radius 3 is 2.59 bits per heavy atom. The molecule has 2 rings (SSSR count). The molecular formula is C13H17Cl2NO. The molecule has 0 amide bonds. The molecule has 1 saturated carbocycles. The van der Waals surface area contributed by atoms with Crippen LogP contribution in [0.3, 0.4) is 0 Å². The first-order valence-corrected chi connectivity index (χ1v) is 6.81. The standard InChI is InChI=1S/C13H17Cl2NO/c14-10-7-9(5-6-16)13(12(15)8-10)17-11-3-1-2-4-11/h7-8,11H,1-6,16H2. The summed E-state index contributed by atoms with van der Waals surface area (Å²) in [5.74, 6) is 0.772. The van der Waals surface area contributed by atoms with Crippen LogP contribution < -0.4 is 10.5 Å². The first-order valence-electron chi connectivity index (χ1n) is 6.05. The van der Waals surface area contributed by atoms with Crippen LogP contribution in [0.4, 0.5) is 0 Å². The van der Waals surface area contributed by atoms with E-state index >= 15 is 0 Å². The van der Waals surface area contributed by atoms with Crippen LogP contribution in [0.1, 0.15) is 31.2 Å². The van der Waals surface area contributed by atoms with Gasteiger partial charge in [-0.1, -0.05) is 23.2 Å². The first kappa shape index (κ1) is 13.0. The summed E-state index contributed by atoms with van der Waals surface area (Å²) in [6.07, 6.45) is 5.74. The Morgan fingerprint density at radius 2 is 1.94 bits per heavy atom. The molecule has 17 heavy (non-hydrogen) atoms. The third-order valence-corrected chi connectivity index (χ3v) is 3.58. The van der Waals surface area contributed by atoms with Gasteiger partial charge in [0.15, 0.2) is 0 Å². The highest BCUT2D eigenvalue weighted by molar-refractivity contribution is 6.35. The minimum atomic E-state index is 0.296. The van der Waals surface area contributed by atoms with E-state index < -0.39 is 0 Å². The Kier molecular flexibility index (Phi) is 4.55. The average molecular weight is 274 g/mol. The molecule has 0 spiro atoms. The predicted octanol–water partition coefficient (Wildman–Crippen LogP) is 3.82. The van der Waals surface area contributed by atoms with Crippen molar-refractivity contribution in [1.29, 1.82) is 0 Å².